The van der Waals surface area contributed by atoms with E-state index >= 15 is 0 Å². The second-order valence-electron chi connectivity index (χ2n) is 8.25. The average molecular weight is 452 g/mol. The first-order valence-corrected chi connectivity index (χ1v) is 11.5. The summed E-state index contributed by atoms with van der Waals surface area (Å²) in [5.74, 6) is -0.0426. The molecule has 0 spiro atoms. The summed E-state index contributed by atoms with van der Waals surface area (Å²) in [6.07, 6.45) is 5.60. The maximum atomic E-state index is 13.0. The van der Waals surface area contributed by atoms with E-state index in [1.807, 2.05) is 77.5 Å². The molecule has 1 amide bonds. The van der Waals surface area contributed by atoms with E-state index in [1.165, 1.54) is 16.7 Å². The summed E-state index contributed by atoms with van der Waals surface area (Å²) in [5.41, 5.74) is 7.47. The highest BCUT2D eigenvalue weighted by molar-refractivity contribution is 6.28. The van der Waals surface area contributed by atoms with Crippen LogP contribution in [0.25, 0.3) is 17.2 Å². The number of carbonyl (C=O) groups excluding carboxylic acids is 1. The Morgan fingerprint density at radius 2 is 1.64 bits per heavy atom. The first kappa shape index (κ1) is 21.2. The van der Waals surface area contributed by atoms with E-state index < -0.39 is 0 Å². The number of hydrogen-bond donors (Lipinski definition) is 1. The van der Waals surface area contributed by atoms with Gasteiger partial charge in [-0.3, -0.25) is 4.79 Å². The summed E-state index contributed by atoms with van der Waals surface area (Å²) in [6.45, 7) is 0.680. The van der Waals surface area contributed by atoms with Gasteiger partial charge in [0.1, 0.15) is 0 Å². The lowest BCUT2D eigenvalue weighted by Gasteiger charge is -2.17. The van der Waals surface area contributed by atoms with E-state index in [0.717, 1.165) is 35.2 Å². The Kier molecular flexibility index (Phi) is 6.05. The number of aryl methyl sites for hydroxylation is 1. The zero-order valence-electron chi connectivity index (χ0n) is 18.2. The molecule has 0 radical (unpaired) electrons. The van der Waals surface area contributed by atoms with E-state index in [9.17, 15) is 4.79 Å². The number of hydrogen-bond acceptors (Lipinski definition) is 1. The van der Waals surface area contributed by atoms with Crippen LogP contribution in [0, 0.1) is 0 Å². The van der Waals surface area contributed by atoms with Gasteiger partial charge in [-0.25, -0.2) is 0 Å². The fourth-order valence-corrected chi connectivity index (χ4v) is 4.35. The quantitative estimate of drug-likeness (QED) is 0.280. The highest BCUT2D eigenvalue weighted by Crippen LogP contribution is 2.29. The Hall–Kier alpha value is -3.69. The Morgan fingerprint density at radius 3 is 2.42 bits per heavy atom. The zero-order chi connectivity index (χ0) is 22.6. The predicted molar refractivity (Wildman–Crippen MR) is 134 cm³/mol. The van der Waals surface area contributed by atoms with Crippen molar-refractivity contribution in [2.45, 2.75) is 19.4 Å². The fraction of sp³-hybridized carbons (Fsp3) is 0.103. The van der Waals surface area contributed by atoms with Crippen LogP contribution in [0.5, 0.6) is 0 Å². The number of pyridine rings is 1. The number of halogens is 1. The number of fused-ring (bicyclic) bond motifs is 1. The van der Waals surface area contributed by atoms with Gasteiger partial charge in [-0.05, 0) is 77.0 Å². The maximum absolute atomic E-state index is 13.0. The number of benzene rings is 3. The van der Waals surface area contributed by atoms with Gasteiger partial charge >= 0.3 is 0 Å². The minimum atomic E-state index is -0.0426. The minimum absolute atomic E-state index is 0.0426. The Bertz CT molecular complexity index is 1330. The molecule has 3 aromatic carbocycles. The molecule has 0 bridgehead atoms. The average Bonchev–Trinajstić information content (AvgIpc) is 2.86. The SMILES string of the molecule is O=C(Nc1ccc(C[n+]2ccccc2Cl)cc1)C1=Cc2cc(-c3ccccc3)ccc2CC1. The van der Waals surface area contributed by atoms with Crippen LogP contribution < -0.4 is 9.88 Å². The fourth-order valence-electron chi connectivity index (χ4n) is 4.16. The van der Waals surface area contributed by atoms with Crippen molar-refractivity contribution in [1.29, 1.82) is 0 Å². The summed E-state index contributed by atoms with van der Waals surface area (Å²) in [6, 6.07) is 30.5. The van der Waals surface area contributed by atoms with Crippen LogP contribution in [-0.2, 0) is 17.8 Å². The second kappa shape index (κ2) is 9.43. The molecule has 1 N–H and O–H groups in total. The molecule has 0 aliphatic heterocycles. The number of amides is 1. The van der Waals surface area contributed by atoms with Crippen molar-refractivity contribution in [2.75, 3.05) is 5.32 Å². The van der Waals surface area contributed by atoms with E-state index in [2.05, 4.69) is 35.6 Å². The molecular formula is C29H24ClN2O+. The smallest absolute Gasteiger partial charge is 0.275 e. The lowest BCUT2D eigenvalue weighted by Crippen LogP contribution is -2.34. The molecular weight excluding hydrogens is 428 g/mol. The molecule has 1 aromatic heterocycles. The highest BCUT2D eigenvalue weighted by atomic mass is 35.5. The van der Waals surface area contributed by atoms with Crippen LogP contribution in [0.2, 0.25) is 5.15 Å². The molecule has 4 aromatic rings. The predicted octanol–water partition coefficient (Wildman–Crippen LogP) is 6.31. The molecule has 0 unspecified atom stereocenters. The minimum Gasteiger partial charge on any atom is -0.322 e. The van der Waals surface area contributed by atoms with Gasteiger partial charge in [0.05, 0.1) is 0 Å². The largest absolute Gasteiger partial charge is 0.322 e. The third kappa shape index (κ3) is 4.89. The number of anilines is 1. The monoisotopic (exact) mass is 451 g/mol. The highest BCUT2D eigenvalue weighted by Gasteiger charge is 2.17. The number of nitrogens with one attached hydrogen (secondary N) is 1. The van der Waals surface area contributed by atoms with Crippen molar-refractivity contribution in [3.8, 4) is 11.1 Å². The van der Waals surface area contributed by atoms with E-state index in [0.29, 0.717) is 11.7 Å². The zero-order valence-corrected chi connectivity index (χ0v) is 18.9. The van der Waals surface area contributed by atoms with Crippen LogP contribution in [0.4, 0.5) is 5.69 Å². The number of rotatable bonds is 5. The van der Waals surface area contributed by atoms with Crippen molar-refractivity contribution in [2.24, 2.45) is 0 Å². The molecule has 0 fully saturated rings. The Morgan fingerprint density at radius 1 is 0.848 bits per heavy atom. The molecule has 1 heterocycles. The van der Waals surface area contributed by atoms with Crippen molar-refractivity contribution >= 4 is 29.3 Å². The van der Waals surface area contributed by atoms with E-state index in [1.54, 1.807) is 0 Å². The summed E-state index contributed by atoms with van der Waals surface area (Å²) in [4.78, 5) is 13.0. The van der Waals surface area contributed by atoms with Crippen LogP contribution >= 0.6 is 11.6 Å². The molecule has 0 saturated carbocycles. The Balaban J connectivity index is 1.29. The van der Waals surface area contributed by atoms with Gasteiger partial charge in [0, 0.05) is 29.0 Å². The maximum Gasteiger partial charge on any atom is 0.275 e. The van der Waals surface area contributed by atoms with Crippen molar-refractivity contribution in [3.63, 3.8) is 0 Å². The van der Waals surface area contributed by atoms with Gasteiger partial charge in [0.2, 0.25) is 0 Å². The third-order valence-corrected chi connectivity index (χ3v) is 6.33. The van der Waals surface area contributed by atoms with Crippen LogP contribution in [0.3, 0.4) is 0 Å². The van der Waals surface area contributed by atoms with Gasteiger partial charge in [0.15, 0.2) is 12.7 Å². The van der Waals surface area contributed by atoms with Gasteiger partial charge < -0.3 is 5.32 Å². The molecule has 5 rings (SSSR count). The van der Waals surface area contributed by atoms with Crippen LogP contribution in [-0.4, -0.2) is 5.91 Å². The van der Waals surface area contributed by atoms with Crippen LogP contribution in [0.15, 0.2) is 103 Å². The second-order valence-corrected chi connectivity index (χ2v) is 8.64. The van der Waals surface area contributed by atoms with Gasteiger partial charge in [-0.1, -0.05) is 54.6 Å². The van der Waals surface area contributed by atoms with Crippen molar-refractivity contribution < 1.29 is 9.36 Å². The standard InChI is InChI=1S/C29H23ClN2O/c30-28-8-4-5-17-32(28)20-21-9-15-27(16-10-21)31-29(33)25-14-12-23-11-13-24(18-26(23)19-25)22-6-2-1-3-7-22/h1-11,13,15-19H,12,14,20H2/p+1. The molecule has 3 nitrogen and oxygen atoms in total. The number of nitrogens with zero attached hydrogens (tertiary/aromatic N) is 1. The first-order valence-electron chi connectivity index (χ1n) is 11.1. The molecule has 33 heavy (non-hydrogen) atoms. The first-order chi connectivity index (χ1) is 16.2. The molecule has 0 saturated heterocycles. The van der Waals surface area contributed by atoms with E-state index in [-0.39, 0.29) is 5.91 Å². The lowest BCUT2D eigenvalue weighted by atomic mass is 9.89. The normalized spacial score (nSPS) is 12.6. The summed E-state index contributed by atoms with van der Waals surface area (Å²) < 4.78 is 1.98. The third-order valence-electron chi connectivity index (χ3n) is 5.99. The van der Waals surface area contributed by atoms with Gasteiger partial charge in [0.25, 0.3) is 11.1 Å². The molecule has 1 aliphatic carbocycles. The van der Waals surface area contributed by atoms with Crippen LogP contribution in [0.1, 0.15) is 23.1 Å². The molecule has 162 valence electrons. The summed E-state index contributed by atoms with van der Waals surface area (Å²) >= 11 is 6.24. The van der Waals surface area contributed by atoms with Gasteiger partial charge in [-0.15, -0.1) is 0 Å². The van der Waals surface area contributed by atoms with Crippen molar-refractivity contribution in [3.05, 3.63) is 125 Å². The summed E-state index contributed by atoms with van der Waals surface area (Å²) in [5, 5.41) is 3.74. The number of aromatic nitrogens is 1. The molecule has 0 atom stereocenters. The van der Waals surface area contributed by atoms with Gasteiger partial charge in [-0.2, -0.15) is 4.57 Å². The summed E-state index contributed by atoms with van der Waals surface area (Å²) in [7, 11) is 0. The topological polar surface area (TPSA) is 33.0 Å². The number of carbonyl (C=O) groups is 1. The Labute approximate surface area is 199 Å². The van der Waals surface area contributed by atoms with Crippen molar-refractivity contribution in [1.82, 2.24) is 0 Å². The van der Waals surface area contributed by atoms with E-state index in [4.69, 9.17) is 11.6 Å². The molecule has 1 aliphatic rings. The lowest BCUT2D eigenvalue weighted by molar-refractivity contribution is -0.686. The molecule has 4 heteroatoms.